The van der Waals surface area contributed by atoms with Crippen molar-refractivity contribution in [2.24, 2.45) is 12.8 Å². The molecule has 3 rings (SSSR count). The van der Waals surface area contributed by atoms with Crippen molar-refractivity contribution in [3.05, 3.63) is 51.6 Å². The minimum atomic E-state index is -2.09. The van der Waals surface area contributed by atoms with Crippen LogP contribution in [-0.4, -0.2) is 4.57 Å². The smallest absolute Gasteiger partial charge is 0.260 e. The Hall–Kier alpha value is -3.76. The van der Waals surface area contributed by atoms with Gasteiger partial charge in [-0.05, 0) is 12.1 Å². The molecule has 0 amide bonds. The van der Waals surface area contributed by atoms with Gasteiger partial charge in [0.1, 0.15) is 17.2 Å². The molecule has 7 nitrogen and oxygen atoms in total. The summed E-state index contributed by atoms with van der Waals surface area (Å²) in [6.07, 6.45) is 0. The predicted octanol–water partition coefficient (Wildman–Crippen LogP) is 0.910. The fraction of sp³-hybridized carbons (Fsp3) is 0.125. The summed E-state index contributed by atoms with van der Waals surface area (Å²) in [6.45, 7) is 0. The second-order valence-corrected chi connectivity index (χ2v) is 5.01. The van der Waals surface area contributed by atoms with E-state index in [1.54, 1.807) is 42.5 Å². The Morgan fingerprint density at radius 3 is 2.48 bits per heavy atom. The molecular formula is C16H9N5O2. The average molecular weight is 303 g/mol. The molecule has 1 aliphatic heterocycles. The van der Waals surface area contributed by atoms with Crippen LogP contribution in [0.4, 0.5) is 0 Å². The Morgan fingerprint density at radius 2 is 1.87 bits per heavy atom. The Kier molecular flexibility index (Phi) is 2.85. The lowest BCUT2D eigenvalue weighted by atomic mass is 9.75. The molecule has 110 valence electrons. The molecule has 1 aliphatic rings. The number of rotatable bonds is 0. The Morgan fingerprint density at radius 1 is 1.22 bits per heavy atom. The molecule has 0 spiro atoms. The van der Waals surface area contributed by atoms with Gasteiger partial charge < -0.3 is 15.0 Å². The second-order valence-electron chi connectivity index (χ2n) is 5.01. The molecule has 0 radical (unpaired) electrons. The fourth-order valence-electron chi connectivity index (χ4n) is 2.76. The quantitative estimate of drug-likeness (QED) is 0.770. The first-order valence-corrected chi connectivity index (χ1v) is 6.54. The van der Waals surface area contributed by atoms with Crippen LogP contribution < -0.4 is 16.0 Å². The van der Waals surface area contributed by atoms with Crippen LogP contribution in [0.2, 0.25) is 0 Å². The first-order valence-electron chi connectivity index (χ1n) is 6.54. The van der Waals surface area contributed by atoms with Crippen LogP contribution >= 0.6 is 0 Å². The molecule has 0 fully saturated rings. The van der Waals surface area contributed by atoms with Crippen LogP contribution in [0.1, 0.15) is 5.56 Å². The summed E-state index contributed by atoms with van der Waals surface area (Å²) < 4.78 is 6.78. The van der Waals surface area contributed by atoms with E-state index >= 15 is 0 Å². The Bertz CT molecular complexity index is 1060. The largest absolute Gasteiger partial charge is 0.439 e. The predicted molar refractivity (Wildman–Crippen MR) is 79.5 cm³/mol. The van der Waals surface area contributed by atoms with E-state index in [1.807, 2.05) is 0 Å². The van der Waals surface area contributed by atoms with Crippen LogP contribution in [-0.2, 0) is 12.5 Å². The number of fused-ring (bicyclic) bond motifs is 3. The number of pyridine rings is 1. The Balaban J connectivity index is 2.62. The molecular weight excluding hydrogens is 294 g/mol. The number of aromatic nitrogens is 1. The van der Waals surface area contributed by atoms with Crippen LogP contribution in [0.15, 0.2) is 40.5 Å². The summed E-state index contributed by atoms with van der Waals surface area (Å²) in [4.78, 5) is 12.7. The van der Waals surface area contributed by atoms with E-state index in [2.05, 4.69) is 0 Å². The highest BCUT2D eigenvalue weighted by Gasteiger charge is 2.49. The number of ether oxygens (including phenoxy) is 1. The lowest BCUT2D eigenvalue weighted by Gasteiger charge is -2.28. The van der Waals surface area contributed by atoms with Crippen molar-refractivity contribution in [3.63, 3.8) is 0 Å². The molecule has 0 saturated heterocycles. The maximum absolute atomic E-state index is 12.7. The maximum Gasteiger partial charge on any atom is 0.260 e. The topological polar surface area (TPSA) is 129 Å². The third-order valence-electron chi connectivity index (χ3n) is 3.91. The van der Waals surface area contributed by atoms with E-state index in [-0.39, 0.29) is 22.8 Å². The summed E-state index contributed by atoms with van der Waals surface area (Å²) in [5.74, 6) is -0.301. The van der Waals surface area contributed by atoms with Gasteiger partial charge in [-0.25, -0.2) is 0 Å². The molecule has 2 aromatic rings. The summed E-state index contributed by atoms with van der Waals surface area (Å²) in [6, 6.07) is 12.1. The monoisotopic (exact) mass is 303 g/mol. The molecule has 1 aromatic carbocycles. The van der Waals surface area contributed by atoms with Crippen molar-refractivity contribution < 1.29 is 4.74 Å². The molecule has 0 saturated carbocycles. The van der Waals surface area contributed by atoms with Crippen molar-refractivity contribution in [1.82, 2.24) is 4.57 Å². The number of allylic oxidation sites excluding steroid dienone is 1. The molecule has 7 heteroatoms. The Labute approximate surface area is 130 Å². The van der Waals surface area contributed by atoms with E-state index < -0.39 is 11.0 Å². The van der Waals surface area contributed by atoms with E-state index in [1.165, 1.54) is 11.6 Å². The molecule has 0 aliphatic carbocycles. The number of benzene rings is 1. The van der Waals surface area contributed by atoms with E-state index in [0.29, 0.717) is 10.9 Å². The van der Waals surface area contributed by atoms with Gasteiger partial charge >= 0.3 is 0 Å². The summed E-state index contributed by atoms with van der Waals surface area (Å²) in [7, 11) is 1.53. The molecule has 23 heavy (non-hydrogen) atoms. The third kappa shape index (κ3) is 1.58. The number of nitriles is 3. The van der Waals surface area contributed by atoms with Gasteiger partial charge in [0.15, 0.2) is 5.75 Å². The van der Waals surface area contributed by atoms with Gasteiger partial charge in [0.25, 0.3) is 5.56 Å². The van der Waals surface area contributed by atoms with Crippen LogP contribution in [0, 0.1) is 34.0 Å². The van der Waals surface area contributed by atoms with Crippen LogP contribution in [0.3, 0.4) is 0 Å². The zero-order valence-electron chi connectivity index (χ0n) is 12.0. The number of hydrogen-bond acceptors (Lipinski definition) is 6. The number of nitrogens with zero attached hydrogens (tertiary/aromatic N) is 4. The number of hydrogen-bond donors (Lipinski definition) is 1. The van der Waals surface area contributed by atoms with Gasteiger partial charge in [0, 0.05) is 12.4 Å². The lowest BCUT2D eigenvalue weighted by molar-refractivity contribution is 0.388. The first-order chi connectivity index (χ1) is 11.0. The van der Waals surface area contributed by atoms with E-state index in [9.17, 15) is 20.6 Å². The van der Waals surface area contributed by atoms with Gasteiger partial charge in [-0.15, -0.1) is 0 Å². The van der Waals surface area contributed by atoms with Gasteiger partial charge in [0.2, 0.25) is 11.3 Å². The summed E-state index contributed by atoms with van der Waals surface area (Å²) >= 11 is 0. The van der Waals surface area contributed by atoms with Crippen molar-refractivity contribution in [2.75, 3.05) is 0 Å². The van der Waals surface area contributed by atoms with E-state index in [0.717, 1.165) is 0 Å². The highest BCUT2D eigenvalue weighted by Crippen LogP contribution is 2.43. The third-order valence-corrected chi connectivity index (χ3v) is 3.91. The van der Waals surface area contributed by atoms with Gasteiger partial charge in [-0.2, -0.15) is 15.8 Å². The molecule has 2 N–H and O–H groups in total. The molecule has 1 aromatic heterocycles. The molecule has 0 unspecified atom stereocenters. The van der Waals surface area contributed by atoms with Crippen molar-refractivity contribution in [2.45, 2.75) is 5.41 Å². The minimum Gasteiger partial charge on any atom is -0.439 e. The van der Waals surface area contributed by atoms with Crippen molar-refractivity contribution in [1.29, 1.82) is 15.8 Å². The summed E-state index contributed by atoms with van der Waals surface area (Å²) in [5.41, 5.74) is 3.07. The minimum absolute atomic E-state index is 0.0447. The van der Waals surface area contributed by atoms with Gasteiger partial charge in [-0.3, -0.25) is 4.79 Å². The highest BCUT2D eigenvalue weighted by molar-refractivity contribution is 5.89. The first kappa shape index (κ1) is 14.2. The van der Waals surface area contributed by atoms with Crippen LogP contribution in [0.25, 0.3) is 10.9 Å². The summed E-state index contributed by atoms with van der Waals surface area (Å²) in [5, 5.41) is 29.0. The number of para-hydroxylation sites is 1. The number of aryl methyl sites for hydroxylation is 1. The SMILES string of the molecule is Cn1c(=O)c2c(c3ccccc31)OC(N)=C(C#N)C2(C#N)C#N. The zero-order chi connectivity index (χ0) is 16.8. The lowest BCUT2D eigenvalue weighted by Crippen LogP contribution is -2.40. The normalized spacial score (nSPS) is 15.0. The standard InChI is InChI=1S/C16H9N5O2/c1-21-11-5-3-2-4-9(11)13-12(15(21)22)16(7-18,8-19)10(6-17)14(20)23-13/h2-5H,20H2,1H3. The zero-order valence-corrected chi connectivity index (χ0v) is 12.0. The van der Waals surface area contributed by atoms with Crippen LogP contribution in [0.5, 0.6) is 5.75 Å². The highest BCUT2D eigenvalue weighted by atomic mass is 16.5. The van der Waals surface area contributed by atoms with Crippen molar-refractivity contribution in [3.8, 4) is 24.0 Å². The molecule has 0 bridgehead atoms. The maximum atomic E-state index is 12.7. The van der Waals surface area contributed by atoms with Crippen molar-refractivity contribution >= 4 is 10.9 Å². The van der Waals surface area contributed by atoms with E-state index in [4.69, 9.17) is 10.5 Å². The molecule has 2 heterocycles. The average Bonchev–Trinajstić information content (AvgIpc) is 2.58. The van der Waals surface area contributed by atoms with Gasteiger partial charge in [0.05, 0.1) is 17.7 Å². The fourth-order valence-corrected chi connectivity index (χ4v) is 2.76. The second kappa shape index (κ2) is 4.62. The molecule has 0 atom stereocenters. The number of nitrogens with two attached hydrogens (primary N) is 1. The van der Waals surface area contributed by atoms with Gasteiger partial charge in [-0.1, -0.05) is 12.1 Å².